The van der Waals surface area contributed by atoms with Gasteiger partial charge in [0.1, 0.15) is 0 Å². The molecule has 1 saturated heterocycles. The van der Waals surface area contributed by atoms with Crippen LogP contribution in [0.2, 0.25) is 0 Å². The molecule has 2 rings (SSSR count). The first-order chi connectivity index (χ1) is 12.6. The minimum Gasteiger partial charge on any atom is -0.478 e. The zero-order chi connectivity index (χ0) is 18.8. The third kappa shape index (κ3) is 6.17. The van der Waals surface area contributed by atoms with E-state index in [1.165, 1.54) is 12.8 Å². The Morgan fingerprint density at radius 2 is 2.00 bits per heavy atom. The molecule has 140 valence electrons. The zero-order valence-electron chi connectivity index (χ0n) is 15.6. The van der Waals surface area contributed by atoms with Crippen LogP contribution < -0.4 is 0 Å². The Morgan fingerprint density at radius 1 is 1.23 bits per heavy atom. The number of allylic oxidation sites excluding steroid dienone is 3. The molecule has 1 aliphatic rings. The summed E-state index contributed by atoms with van der Waals surface area (Å²) < 4.78 is 0. The summed E-state index contributed by atoms with van der Waals surface area (Å²) in [4.78, 5) is 25.0. The Hall–Kier alpha value is -2.36. The van der Waals surface area contributed by atoms with Gasteiger partial charge in [0.05, 0.1) is 11.6 Å². The molecule has 0 aliphatic carbocycles. The van der Waals surface area contributed by atoms with Crippen LogP contribution in [0.25, 0.3) is 0 Å². The van der Waals surface area contributed by atoms with E-state index in [-0.39, 0.29) is 11.9 Å². The molecule has 4 heteroatoms. The SMILES string of the molecule is CCCC/C=C/C/C=C\C1CCC(=O)N1CCc1ccc(C(=O)O)cc1. The lowest BCUT2D eigenvalue weighted by molar-refractivity contribution is -0.128. The van der Waals surface area contributed by atoms with Crippen molar-refractivity contribution in [3.05, 3.63) is 59.7 Å². The first-order valence-electron chi connectivity index (χ1n) is 9.55. The van der Waals surface area contributed by atoms with Gasteiger partial charge >= 0.3 is 5.97 Å². The molecule has 1 N–H and O–H groups in total. The smallest absolute Gasteiger partial charge is 0.335 e. The second-order valence-corrected chi connectivity index (χ2v) is 6.72. The molecule has 4 nitrogen and oxygen atoms in total. The Morgan fingerprint density at radius 3 is 2.69 bits per heavy atom. The summed E-state index contributed by atoms with van der Waals surface area (Å²) in [5.74, 6) is -0.708. The monoisotopic (exact) mass is 355 g/mol. The maximum atomic E-state index is 12.2. The van der Waals surface area contributed by atoms with Crippen LogP contribution in [-0.4, -0.2) is 34.5 Å². The highest BCUT2D eigenvalue weighted by Crippen LogP contribution is 2.20. The number of carboxylic acids is 1. The predicted molar refractivity (Wildman–Crippen MR) is 104 cm³/mol. The van der Waals surface area contributed by atoms with E-state index < -0.39 is 5.97 Å². The van der Waals surface area contributed by atoms with Gasteiger partial charge in [-0.1, -0.05) is 56.2 Å². The first-order valence-corrected chi connectivity index (χ1v) is 9.55. The highest BCUT2D eigenvalue weighted by atomic mass is 16.4. The summed E-state index contributed by atoms with van der Waals surface area (Å²) in [6, 6.07) is 7.08. The predicted octanol–water partition coefficient (Wildman–Crippen LogP) is 4.61. The van der Waals surface area contributed by atoms with Crippen LogP contribution in [0.15, 0.2) is 48.6 Å². The molecule has 1 atom stereocenters. The minimum absolute atomic E-state index is 0.185. The fraction of sp³-hybridized carbons (Fsp3) is 0.455. The number of aromatic carboxylic acids is 1. The Kier molecular flexibility index (Phi) is 8.13. The van der Waals surface area contributed by atoms with Gasteiger partial charge in [-0.05, 0) is 43.4 Å². The molecule has 1 aromatic carbocycles. The summed E-state index contributed by atoms with van der Waals surface area (Å²) in [5.41, 5.74) is 1.34. The van der Waals surface area contributed by atoms with E-state index in [2.05, 4.69) is 31.2 Å². The number of unbranched alkanes of at least 4 members (excludes halogenated alkanes) is 2. The van der Waals surface area contributed by atoms with Gasteiger partial charge in [0, 0.05) is 13.0 Å². The van der Waals surface area contributed by atoms with Gasteiger partial charge in [0.2, 0.25) is 5.91 Å². The highest BCUT2D eigenvalue weighted by Gasteiger charge is 2.28. The lowest BCUT2D eigenvalue weighted by Crippen LogP contribution is -2.33. The van der Waals surface area contributed by atoms with Crippen molar-refractivity contribution in [2.75, 3.05) is 6.54 Å². The average Bonchev–Trinajstić information content (AvgIpc) is 2.99. The Balaban J connectivity index is 1.83. The lowest BCUT2D eigenvalue weighted by Gasteiger charge is -2.22. The molecular formula is C22H29NO3. The van der Waals surface area contributed by atoms with E-state index in [4.69, 9.17) is 5.11 Å². The van der Waals surface area contributed by atoms with E-state index >= 15 is 0 Å². The maximum absolute atomic E-state index is 12.2. The molecule has 1 aromatic rings. The van der Waals surface area contributed by atoms with Gasteiger partial charge in [-0.3, -0.25) is 4.79 Å². The molecule has 0 radical (unpaired) electrons. The van der Waals surface area contributed by atoms with E-state index in [9.17, 15) is 9.59 Å². The third-order valence-electron chi connectivity index (χ3n) is 4.74. The van der Waals surface area contributed by atoms with Crippen molar-refractivity contribution in [1.82, 2.24) is 4.90 Å². The van der Waals surface area contributed by atoms with Crippen LogP contribution in [0.4, 0.5) is 0 Å². The standard InChI is InChI=1S/C22H29NO3/c1-2-3-4-5-6-7-8-9-20-14-15-21(24)23(20)17-16-18-10-12-19(13-11-18)22(25)26/h5-6,8-13,20H,2-4,7,14-17H2,1H3,(H,25,26)/b6-5+,9-8-. The fourth-order valence-electron chi connectivity index (χ4n) is 3.16. The number of likely N-dealkylation sites (tertiary alicyclic amines) is 1. The molecule has 1 aliphatic heterocycles. The van der Waals surface area contributed by atoms with E-state index in [0.717, 1.165) is 31.2 Å². The van der Waals surface area contributed by atoms with Crippen LogP contribution in [0.1, 0.15) is 61.4 Å². The fourth-order valence-corrected chi connectivity index (χ4v) is 3.16. The molecule has 1 fully saturated rings. The van der Waals surface area contributed by atoms with Crippen molar-refractivity contribution in [3.63, 3.8) is 0 Å². The normalized spacial score (nSPS) is 17.7. The molecule has 0 spiro atoms. The summed E-state index contributed by atoms with van der Waals surface area (Å²) in [5, 5.41) is 8.95. The molecular weight excluding hydrogens is 326 g/mol. The maximum Gasteiger partial charge on any atom is 0.335 e. The van der Waals surface area contributed by atoms with E-state index in [0.29, 0.717) is 18.5 Å². The number of hydrogen-bond donors (Lipinski definition) is 1. The first kappa shape index (κ1) is 20.0. The number of carbonyl (C=O) groups excluding carboxylic acids is 1. The van der Waals surface area contributed by atoms with Gasteiger partial charge < -0.3 is 10.0 Å². The summed E-state index contributed by atoms with van der Waals surface area (Å²) in [7, 11) is 0. The van der Waals surface area contributed by atoms with Crippen molar-refractivity contribution in [1.29, 1.82) is 0 Å². The summed E-state index contributed by atoms with van der Waals surface area (Å²) in [6.07, 6.45) is 15.5. The molecule has 0 bridgehead atoms. The number of carbonyl (C=O) groups is 2. The quantitative estimate of drug-likeness (QED) is 0.492. The molecule has 1 heterocycles. The number of nitrogens with zero attached hydrogens (tertiary/aromatic N) is 1. The molecule has 26 heavy (non-hydrogen) atoms. The molecule has 1 amide bonds. The Bertz CT molecular complexity index is 646. The average molecular weight is 355 g/mol. The number of amides is 1. The van der Waals surface area contributed by atoms with Crippen LogP contribution in [0.5, 0.6) is 0 Å². The van der Waals surface area contributed by atoms with Crippen molar-refractivity contribution < 1.29 is 14.7 Å². The van der Waals surface area contributed by atoms with Crippen LogP contribution >= 0.6 is 0 Å². The summed E-state index contributed by atoms with van der Waals surface area (Å²) >= 11 is 0. The van der Waals surface area contributed by atoms with Crippen LogP contribution in [0.3, 0.4) is 0 Å². The number of carboxylic acid groups (broad SMARTS) is 1. The van der Waals surface area contributed by atoms with Gasteiger partial charge in [0.25, 0.3) is 0 Å². The second-order valence-electron chi connectivity index (χ2n) is 6.72. The van der Waals surface area contributed by atoms with Crippen molar-refractivity contribution >= 4 is 11.9 Å². The number of hydrogen-bond acceptors (Lipinski definition) is 2. The zero-order valence-corrected chi connectivity index (χ0v) is 15.6. The minimum atomic E-state index is -0.916. The largest absolute Gasteiger partial charge is 0.478 e. The van der Waals surface area contributed by atoms with Crippen molar-refractivity contribution in [2.24, 2.45) is 0 Å². The van der Waals surface area contributed by atoms with E-state index in [1.807, 2.05) is 17.0 Å². The highest BCUT2D eigenvalue weighted by molar-refractivity contribution is 5.87. The number of rotatable bonds is 10. The van der Waals surface area contributed by atoms with Crippen LogP contribution in [-0.2, 0) is 11.2 Å². The Labute approximate surface area is 156 Å². The molecule has 0 aromatic heterocycles. The molecule has 1 unspecified atom stereocenters. The molecule has 0 saturated carbocycles. The van der Waals surface area contributed by atoms with Gasteiger partial charge in [-0.15, -0.1) is 0 Å². The number of benzene rings is 1. The van der Waals surface area contributed by atoms with Gasteiger partial charge in [-0.25, -0.2) is 4.79 Å². The second kappa shape index (κ2) is 10.6. The van der Waals surface area contributed by atoms with Crippen molar-refractivity contribution in [2.45, 2.75) is 57.9 Å². The van der Waals surface area contributed by atoms with Crippen LogP contribution in [0, 0.1) is 0 Å². The van der Waals surface area contributed by atoms with Gasteiger partial charge in [0.15, 0.2) is 0 Å². The topological polar surface area (TPSA) is 57.6 Å². The summed E-state index contributed by atoms with van der Waals surface area (Å²) in [6.45, 7) is 2.87. The van der Waals surface area contributed by atoms with Crippen molar-refractivity contribution in [3.8, 4) is 0 Å². The van der Waals surface area contributed by atoms with Gasteiger partial charge in [-0.2, -0.15) is 0 Å². The lowest BCUT2D eigenvalue weighted by atomic mass is 10.1. The van der Waals surface area contributed by atoms with E-state index in [1.54, 1.807) is 12.1 Å². The third-order valence-corrected chi connectivity index (χ3v) is 4.74.